The van der Waals surface area contributed by atoms with Gasteiger partial charge in [-0.25, -0.2) is 9.97 Å². The number of carbonyl (C=O) groups excluding carboxylic acids is 1. The Kier molecular flexibility index (Phi) is 7.41. The summed E-state index contributed by atoms with van der Waals surface area (Å²) in [5.41, 5.74) is 2.09. The number of hydrogen-bond acceptors (Lipinski definition) is 6. The number of unbranched alkanes of at least 4 members (excludes halogenated alkanes) is 1. The highest BCUT2D eigenvalue weighted by Crippen LogP contribution is 2.30. The predicted octanol–water partition coefficient (Wildman–Crippen LogP) is 2.00. The largest absolute Gasteiger partial charge is 0.396 e. The molecule has 1 atom stereocenters. The van der Waals surface area contributed by atoms with Gasteiger partial charge < -0.3 is 20.1 Å². The number of aryl methyl sites for hydroxylation is 1. The molecule has 7 nitrogen and oxygen atoms in total. The van der Waals surface area contributed by atoms with Crippen molar-refractivity contribution in [1.29, 1.82) is 0 Å². The number of aliphatic hydroxyl groups is 1. The van der Waals surface area contributed by atoms with Crippen LogP contribution in [0.15, 0.2) is 6.20 Å². The molecule has 1 aliphatic carbocycles. The zero-order valence-electron chi connectivity index (χ0n) is 16.3. The van der Waals surface area contributed by atoms with Crippen LogP contribution in [0.2, 0.25) is 0 Å². The number of nitrogens with zero attached hydrogens (tertiary/aromatic N) is 3. The minimum absolute atomic E-state index is 0.0230. The number of piperidine rings is 1. The van der Waals surface area contributed by atoms with Crippen molar-refractivity contribution < 1.29 is 14.6 Å². The van der Waals surface area contributed by atoms with Crippen LogP contribution in [0.1, 0.15) is 62.7 Å². The van der Waals surface area contributed by atoms with Gasteiger partial charge in [-0.15, -0.1) is 0 Å². The Hall–Kier alpha value is -1.73. The number of rotatable bonds is 8. The van der Waals surface area contributed by atoms with Crippen molar-refractivity contribution in [2.45, 2.75) is 57.9 Å². The predicted molar refractivity (Wildman–Crippen MR) is 104 cm³/mol. The summed E-state index contributed by atoms with van der Waals surface area (Å²) in [6, 6.07) is -0.0230. The summed E-state index contributed by atoms with van der Waals surface area (Å²) in [4.78, 5) is 23.7. The number of fused-ring (bicyclic) bond motifs is 1. The van der Waals surface area contributed by atoms with E-state index in [1.165, 1.54) is 0 Å². The Morgan fingerprint density at radius 2 is 2.19 bits per heavy atom. The maximum atomic E-state index is 12.2. The van der Waals surface area contributed by atoms with Crippen molar-refractivity contribution in [2.24, 2.45) is 5.92 Å². The molecule has 1 fully saturated rings. The average molecular weight is 377 g/mol. The zero-order chi connectivity index (χ0) is 19.1. The van der Waals surface area contributed by atoms with Gasteiger partial charge in [-0.05, 0) is 44.4 Å². The highest BCUT2D eigenvalue weighted by Gasteiger charge is 2.26. The van der Waals surface area contributed by atoms with E-state index in [4.69, 9.17) is 9.72 Å². The molecule has 2 N–H and O–H groups in total. The highest BCUT2D eigenvalue weighted by molar-refractivity contribution is 5.77. The summed E-state index contributed by atoms with van der Waals surface area (Å²) in [5.74, 6) is 1.11. The van der Waals surface area contributed by atoms with Gasteiger partial charge in [0, 0.05) is 38.1 Å². The third kappa shape index (κ3) is 5.39. The molecular formula is C20H32N4O3. The maximum absolute atomic E-state index is 12.2. The van der Waals surface area contributed by atoms with Crippen LogP contribution in [0.3, 0.4) is 0 Å². The van der Waals surface area contributed by atoms with E-state index in [9.17, 15) is 9.90 Å². The van der Waals surface area contributed by atoms with Gasteiger partial charge in [0.2, 0.25) is 11.9 Å². The molecule has 2 aliphatic rings. The lowest BCUT2D eigenvalue weighted by Crippen LogP contribution is -2.37. The lowest BCUT2D eigenvalue weighted by atomic mass is 9.92. The third-order valence-corrected chi connectivity index (χ3v) is 5.54. The van der Waals surface area contributed by atoms with Gasteiger partial charge in [-0.1, -0.05) is 13.3 Å². The van der Waals surface area contributed by atoms with E-state index < -0.39 is 0 Å². The van der Waals surface area contributed by atoms with Gasteiger partial charge in [0.15, 0.2) is 0 Å². The van der Waals surface area contributed by atoms with E-state index >= 15 is 0 Å². The van der Waals surface area contributed by atoms with Crippen LogP contribution in [0, 0.1) is 5.92 Å². The van der Waals surface area contributed by atoms with Crippen LogP contribution in [0.5, 0.6) is 0 Å². The quantitative estimate of drug-likeness (QED) is 0.675. The van der Waals surface area contributed by atoms with Gasteiger partial charge in [0.1, 0.15) is 6.61 Å². The van der Waals surface area contributed by atoms with E-state index in [-0.39, 0.29) is 25.2 Å². The van der Waals surface area contributed by atoms with Crippen LogP contribution in [-0.2, 0) is 16.0 Å². The molecule has 1 saturated heterocycles. The summed E-state index contributed by atoms with van der Waals surface area (Å²) in [5, 5.41) is 12.4. The molecule has 2 heterocycles. The summed E-state index contributed by atoms with van der Waals surface area (Å²) in [6.07, 6.45) is 8.74. The first-order chi connectivity index (χ1) is 13.2. The molecule has 1 aromatic rings. The molecule has 7 heteroatoms. The summed E-state index contributed by atoms with van der Waals surface area (Å²) < 4.78 is 5.41. The standard InChI is InChI=1S/C20H32N4O3/c1-2-3-11-27-14-19(26)22-17-5-4-6-18-16(17)12-21-20(23-18)24-9-7-15(13-25)8-10-24/h12,15,17,25H,2-11,13-14H2,1H3,(H,22,26)/t17-/m1/s1. The molecule has 3 rings (SSSR count). The summed E-state index contributed by atoms with van der Waals surface area (Å²) >= 11 is 0. The second-order valence-electron chi connectivity index (χ2n) is 7.60. The fraction of sp³-hybridized carbons (Fsp3) is 0.750. The topological polar surface area (TPSA) is 87.6 Å². The Labute approximate surface area is 161 Å². The van der Waals surface area contributed by atoms with E-state index in [1.807, 2.05) is 6.20 Å². The van der Waals surface area contributed by atoms with E-state index in [1.54, 1.807) is 0 Å². The molecule has 150 valence electrons. The number of aromatic nitrogens is 2. The molecule has 0 spiro atoms. The van der Waals surface area contributed by atoms with Crippen LogP contribution in [-0.4, -0.2) is 53.9 Å². The smallest absolute Gasteiger partial charge is 0.246 e. The van der Waals surface area contributed by atoms with Gasteiger partial charge in [0.05, 0.1) is 11.7 Å². The SMILES string of the molecule is CCCCOCC(=O)N[C@@H]1CCCc2nc(N3CCC(CO)CC3)ncc21. The average Bonchev–Trinajstić information content (AvgIpc) is 2.71. The molecule has 0 bridgehead atoms. The van der Waals surface area contributed by atoms with E-state index in [0.717, 1.165) is 75.2 Å². The number of ether oxygens (including phenoxy) is 1. The third-order valence-electron chi connectivity index (χ3n) is 5.54. The normalized spacial score (nSPS) is 20.4. The first-order valence-corrected chi connectivity index (χ1v) is 10.3. The van der Waals surface area contributed by atoms with E-state index in [2.05, 4.69) is 22.1 Å². The van der Waals surface area contributed by atoms with Crippen molar-refractivity contribution in [3.8, 4) is 0 Å². The Bertz CT molecular complexity index is 617. The van der Waals surface area contributed by atoms with Crippen molar-refractivity contribution in [3.05, 3.63) is 17.5 Å². The van der Waals surface area contributed by atoms with Crippen LogP contribution in [0.25, 0.3) is 0 Å². The van der Waals surface area contributed by atoms with E-state index in [0.29, 0.717) is 12.5 Å². The van der Waals surface area contributed by atoms with Crippen LogP contribution < -0.4 is 10.2 Å². The minimum Gasteiger partial charge on any atom is -0.396 e. The molecule has 0 unspecified atom stereocenters. The lowest BCUT2D eigenvalue weighted by molar-refractivity contribution is -0.126. The molecule has 1 amide bonds. The first-order valence-electron chi connectivity index (χ1n) is 10.3. The zero-order valence-corrected chi connectivity index (χ0v) is 16.3. The number of nitrogens with one attached hydrogen (secondary N) is 1. The minimum atomic E-state index is -0.0703. The Morgan fingerprint density at radius 1 is 1.37 bits per heavy atom. The second kappa shape index (κ2) is 9.99. The first kappa shape index (κ1) is 20.0. The van der Waals surface area contributed by atoms with Gasteiger partial charge in [0.25, 0.3) is 0 Å². The lowest BCUT2D eigenvalue weighted by Gasteiger charge is -2.32. The monoisotopic (exact) mass is 376 g/mol. The summed E-state index contributed by atoms with van der Waals surface area (Å²) in [6.45, 7) is 4.89. The van der Waals surface area contributed by atoms with Gasteiger partial charge in [-0.2, -0.15) is 0 Å². The van der Waals surface area contributed by atoms with Crippen molar-refractivity contribution in [1.82, 2.24) is 15.3 Å². The molecular weight excluding hydrogens is 344 g/mol. The van der Waals surface area contributed by atoms with Crippen LogP contribution >= 0.6 is 0 Å². The highest BCUT2D eigenvalue weighted by atomic mass is 16.5. The van der Waals surface area contributed by atoms with Crippen molar-refractivity contribution in [2.75, 3.05) is 37.8 Å². The molecule has 0 aromatic carbocycles. The van der Waals surface area contributed by atoms with Gasteiger partial charge >= 0.3 is 0 Å². The second-order valence-corrected chi connectivity index (χ2v) is 7.60. The molecule has 0 saturated carbocycles. The number of amides is 1. The molecule has 27 heavy (non-hydrogen) atoms. The van der Waals surface area contributed by atoms with Crippen LogP contribution in [0.4, 0.5) is 5.95 Å². The fourth-order valence-corrected chi connectivity index (χ4v) is 3.80. The number of hydrogen-bond donors (Lipinski definition) is 2. The number of aliphatic hydroxyl groups excluding tert-OH is 1. The van der Waals surface area contributed by atoms with Gasteiger partial charge in [-0.3, -0.25) is 4.79 Å². The Morgan fingerprint density at radius 3 is 2.93 bits per heavy atom. The van der Waals surface area contributed by atoms with Crippen molar-refractivity contribution in [3.63, 3.8) is 0 Å². The number of carbonyl (C=O) groups is 1. The number of anilines is 1. The summed E-state index contributed by atoms with van der Waals surface area (Å²) in [7, 11) is 0. The fourth-order valence-electron chi connectivity index (χ4n) is 3.80. The molecule has 1 aliphatic heterocycles. The molecule has 1 aromatic heterocycles. The maximum Gasteiger partial charge on any atom is 0.246 e. The van der Waals surface area contributed by atoms with Crippen molar-refractivity contribution >= 4 is 11.9 Å². The Balaban J connectivity index is 1.59. The molecule has 0 radical (unpaired) electrons.